The molecule has 3 rings (SSSR count). The summed E-state index contributed by atoms with van der Waals surface area (Å²) in [6.45, 7) is 11.6. The number of aryl methyl sites for hydroxylation is 2. The van der Waals surface area contributed by atoms with E-state index in [-0.39, 0.29) is 22.7 Å². The molecule has 3 N–H and O–H groups in total. The van der Waals surface area contributed by atoms with Crippen molar-refractivity contribution in [1.82, 2.24) is 5.16 Å². The third-order valence-electron chi connectivity index (χ3n) is 4.44. The molecule has 0 saturated carbocycles. The zero-order chi connectivity index (χ0) is 26.2. The van der Waals surface area contributed by atoms with Gasteiger partial charge in [0.15, 0.2) is 0 Å². The van der Waals surface area contributed by atoms with Gasteiger partial charge in [0.05, 0.1) is 18.3 Å². The van der Waals surface area contributed by atoms with Crippen LogP contribution < -0.4 is 10.6 Å². The molecule has 0 saturated heterocycles. The maximum atomic E-state index is 12.4. The Morgan fingerprint density at radius 2 is 1.54 bits per heavy atom. The first-order chi connectivity index (χ1) is 16.4. The summed E-state index contributed by atoms with van der Waals surface area (Å²) >= 11 is 0. The fourth-order valence-corrected chi connectivity index (χ4v) is 2.58. The zero-order valence-electron chi connectivity index (χ0n) is 18.9. The highest BCUT2D eigenvalue weighted by Gasteiger charge is 2.30. The van der Waals surface area contributed by atoms with E-state index in [0.717, 1.165) is 17.7 Å². The number of carbonyl (C=O) groups excluding carboxylic acids is 2. The summed E-state index contributed by atoms with van der Waals surface area (Å²) < 4.78 is 41.8. The van der Waals surface area contributed by atoms with Crippen molar-refractivity contribution in [2.75, 3.05) is 10.6 Å². The van der Waals surface area contributed by atoms with E-state index in [0.29, 0.717) is 11.4 Å². The Morgan fingerprint density at radius 1 is 1.00 bits per heavy atom. The number of hydrogen-bond acceptors (Lipinski definition) is 5. The summed E-state index contributed by atoms with van der Waals surface area (Å²) in [7, 11) is 0. The van der Waals surface area contributed by atoms with E-state index in [9.17, 15) is 22.8 Å². The number of alkyl halides is 3. The standard InChI is InChI=1S/C12H9F3N2O2.C12H12N2O2/c1-7-10(6-16-19-7)11(18)17-9-4-2-8(3-5-9)12(13,14)15;1-8-4-6-10(7-5-8)14-12(16)11(13-3)9(2)15/h2-6H,1H3,(H,17,18);4-7,15H,1-2H3,(H,14,16)/b;11-9-. The molecular weight excluding hydrogens is 465 g/mol. The molecule has 0 atom stereocenters. The van der Waals surface area contributed by atoms with Gasteiger partial charge in [-0.15, -0.1) is 0 Å². The minimum absolute atomic E-state index is 0.236. The Morgan fingerprint density at radius 3 is 2.00 bits per heavy atom. The number of aliphatic hydroxyl groups excluding tert-OH is 1. The van der Waals surface area contributed by atoms with Gasteiger partial charge in [0.25, 0.3) is 17.5 Å². The molecule has 1 heterocycles. The average Bonchev–Trinajstić information content (AvgIpc) is 3.22. The van der Waals surface area contributed by atoms with E-state index < -0.39 is 23.6 Å². The van der Waals surface area contributed by atoms with Crippen LogP contribution in [0.3, 0.4) is 0 Å². The van der Waals surface area contributed by atoms with Crippen LogP contribution >= 0.6 is 0 Å². The van der Waals surface area contributed by atoms with Gasteiger partial charge in [-0.25, -0.2) is 4.85 Å². The van der Waals surface area contributed by atoms with Crippen molar-refractivity contribution < 1.29 is 32.4 Å². The molecule has 0 aliphatic carbocycles. The van der Waals surface area contributed by atoms with Crippen LogP contribution in [0.4, 0.5) is 24.5 Å². The topological polar surface area (TPSA) is 109 Å². The maximum Gasteiger partial charge on any atom is 0.416 e. The zero-order valence-corrected chi connectivity index (χ0v) is 18.9. The molecule has 0 fully saturated rings. The quantitative estimate of drug-likeness (QED) is 0.242. The lowest BCUT2D eigenvalue weighted by molar-refractivity contribution is -0.137. The minimum Gasteiger partial charge on any atom is -0.523 e. The minimum atomic E-state index is -4.40. The number of nitrogens with one attached hydrogen (secondary N) is 2. The molecule has 0 radical (unpaired) electrons. The number of hydrogen-bond donors (Lipinski definition) is 3. The molecule has 8 nitrogen and oxygen atoms in total. The molecule has 3 aromatic rings. The molecular formula is C24H21F3N4O4. The monoisotopic (exact) mass is 486 g/mol. The number of nitrogens with zero attached hydrogens (tertiary/aromatic N) is 2. The molecule has 1 aromatic heterocycles. The first-order valence-corrected chi connectivity index (χ1v) is 9.97. The summed E-state index contributed by atoms with van der Waals surface area (Å²) in [6, 6.07) is 11.3. The van der Waals surface area contributed by atoms with Gasteiger partial charge >= 0.3 is 6.18 Å². The predicted molar refractivity (Wildman–Crippen MR) is 122 cm³/mol. The van der Waals surface area contributed by atoms with Gasteiger partial charge in [0, 0.05) is 11.4 Å². The van der Waals surface area contributed by atoms with Crippen LogP contribution in [0, 0.1) is 20.4 Å². The van der Waals surface area contributed by atoms with E-state index in [1.54, 1.807) is 19.1 Å². The first-order valence-electron chi connectivity index (χ1n) is 9.97. The molecule has 0 aliphatic heterocycles. The van der Waals surface area contributed by atoms with Gasteiger partial charge in [0.1, 0.15) is 17.1 Å². The third-order valence-corrected chi connectivity index (χ3v) is 4.44. The number of anilines is 2. The average molecular weight is 486 g/mol. The molecule has 0 unspecified atom stereocenters. The number of allylic oxidation sites excluding steroid dienone is 1. The molecule has 0 aliphatic rings. The van der Waals surface area contributed by atoms with Crippen LogP contribution in [-0.2, 0) is 11.0 Å². The van der Waals surface area contributed by atoms with Crippen LogP contribution in [-0.4, -0.2) is 22.1 Å². The molecule has 2 aromatic carbocycles. The summed E-state index contributed by atoms with van der Waals surface area (Å²) in [5.74, 6) is -1.03. The maximum absolute atomic E-state index is 12.4. The molecule has 2 amide bonds. The lowest BCUT2D eigenvalue weighted by atomic mass is 10.2. The number of rotatable bonds is 4. The van der Waals surface area contributed by atoms with Crippen LogP contribution in [0.25, 0.3) is 4.85 Å². The van der Waals surface area contributed by atoms with Crippen LogP contribution in [0.15, 0.2) is 70.7 Å². The van der Waals surface area contributed by atoms with Crippen molar-refractivity contribution in [3.05, 3.63) is 100 Å². The number of aliphatic hydroxyl groups is 1. The van der Waals surface area contributed by atoms with Gasteiger partial charge in [-0.1, -0.05) is 22.9 Å². The van der Waals surface area contributed by atoms with E-state index >= 15 is 0 Å². The number of benzene rings is 2. The third kappa shape index (κ3) is 7.75. The predicted octanol–water partition coefficient (Wildman–Crippen LogP) is 5.90. The highest BCUT2D eigenvalue weighted by atomic mass is 19.4. The Kier molecular flexibility index (Phi) is 8.77. The molecule has 0 bridgehead atoms. The fraction of sp³-hybridized carbons (Fsp3) is 0.167. The second-order valence-electron chi connectivity index (χ2n) is 7.19. The molecule has 0 spiro atoms. The van der Waals surface area contributed by atoms with Crippen molar-refractivity contribution in [3.63, 3.8) is 0 Å². The van der Waals surface area contributed by atoms with Gasteiger partial charge in [-0.2, -0.15) is 13.2 Å². The van der Waals surface area contributed by atoms with Crippen LogP contribution in [0.2, 0.25) is 0 Å². The summed E-state index contributed by atoms with van der Waals surface area (Å²) in [5.41, 5.74) is 1.11. The lowest BCUT2D eigenvalue weighted by Gasteiger charge is -2.08. The molecule has 35 heavy (non-hydrogen) atoms. The summed E-state index contributed by atoms with van der Waals surface area (Å²) in [4.78, 5) is 26.2. The normalized spacial score (nSPS) is 11.3. The van der Waals surface area contributed by atoms with E-state index in [2.05, 4.69) is 20.6 Å². The van der Waals surface area contributed by atoms with Crippen molar-refractivity contribution in [2.24, 2.45) is 0 Å². The van der Waals surface area contributed by atoms with E-state index in [4.69, 9.17) is 16.2 Å². The second kappa shape index (κ2) is 11.5. The lowest BCUT2D eigenvalue weighted by Crippen LogP contribution is -2.13. The van der Waals surface area contributed by atoms with Crippen molar-refractivity contribution in [3.8, 4) is 0 Å². The highest BCUT2D eigenvalue weighted by Crippen LogP contribution is 2.29. The Balaban J connectivity index is 0.000000251. The van der Waals surface area contributed by atoms with Crippen molar-refractivity contribution in [2.45, 2.75) is 26.9 Å². The van der Waals surface area contributed by atoms with Crippen molar-refractivity contribution in [1.29, 1.82) is 0 Å². The number of amides is 2. The van der Waals surface area contributed by atoms with Crippen LogP contribution in [0.1, 0.15) is 34.2 Å². The first kappa shape index (κ1) is 26.7. The van der Waals surface area contributed by atoms with Gasteiger partial charge < -0.3 is 20.3 Å². The number of carbonyl (C=O) groups is 2. The Hall–Kier alpha value is -4.59. The van der Waals surface area contributed by atoms with Crippen molar-refractivity contribution >= 4 is 23.2 Å². The molecule has 11 heteroatoms. The molecule has 182 valence electrons. The summed E-state index contributed by atoms with van der Waals surface area (Å²) in [6.07, 6.45) is -3.15. The van der Waals surface area contributed by atoms with Crippen LogP contribution in [0.5, 0.6) is 0 Å². The highest BCUT2D eigenvalue weighted by molar-refractivity contribution is 6.05. The van der Waals surface area contributed by atoms with Gasteiger partial charge in [-0.05, 0) is 57.2 Å². The van der Waals surface area contributed by atoms with E-state index in [1.807, 2.05) is 19.1 Å². The Bertz CT molecular complexity index is 1250. The van der Waals surface area contributed by atoms with Gasteiger partial charge in [0.2, 0.25) is 0 Å². The number of halogens is 3. The second-order valence-corrected chi connectivity index (χ2v) is 7.19. The number of aromatic nitrogens is 1. The largest absolute Gasteiger partial charge is 0.523 e. The SMILES string of the molecule is Cc1oncc1C(=O)Nc1ccc(C(F)(F)F)cc1.[C-]#[N+]/C(C(=O)Nc1ccc(C)cc1)=C(/C)O. The Labute approximate surface area is 198 Å². The summed E-state index contributed by atoms with van der Waals surface area (Å²) in [5, 5.41) is 17.5. The smallest absolute Gasteiger partial charge is 0.416 e. The van der Waals surface area contributed by atoms with Gasteiger partial charge in [-0.3, -0.25) is 9.59 Å². The fourth-order valence-electron chi connectivity index (χ4n) is 2.58. The van der Waals surface area contributed by atoms with E-state index in [1.165, 1.54) is 25.3 Å².